The van der Waals surface area contributed by atoms with Crippen LogP contribution in [0.5, 0.6) is 0 Å². The highest BCUT2D eigenvalue weighted by Crippen LogP contribution is 2.35. The minimum atomic E-state index is -0.269. The fourth-order valence-corrected chi connectivity index (χ4v) is 2.39. The number of benzene rings is 1. The summed E-state index contributed by atoms with van der Waals surface area (Å²) in [6.45, 7) is 6.65. The fraction of sp³-hybridized carbons (Fsp3) is 0.625. The molecule has 1 aliphatic carbocycles. The first-order valence-corrected chi connectivity index (χ1v) is 6.75. The highest BCUT2D eigenvalue weighted by Gasteiger charge is 2.22. The zero-order valence-corrected chi connectivity index (χ0v) is 11.2. The minimum Gasteiger partial charge on any atom is -0.388 e. The van der Waals surface area contributed by atoms with E-state index >= 15 is 0 Å². The van der Waals surface area contributed by atoms with Crippen molar-refractivity contribution in [3.8, 4) is 0 Å². The van der Waals surface area contributed by atoms with E-state index in [-0.39, 0.29) is 11.5 Å². The third-order valence-corrected chi connectivity index (χ3v) is 3.94. The molecule has 1 aromatic rings. The van der Waals surface area contributed by atoms with Crippen molar-refractivity contribution < 1.29 is 5.11 Å². The van der Waals surface area contributed by atoms with Gasteiger partial charge in [0.25, 0.3) is 0 Å². The topological polar surface area (TPSA) is 20.2 Å². The molecule has 0 saturated heterocycles. The maximum atomic E-state index is 10.1. The standard InChI is InChI=1S/C16H24O/c1-16(2,3)14-9-7-13(8-10-14)15(17)11-12-5-4-6-12/h7-10,12,15,17H,4-6,11H2,1-3H3. The van der Waals surface area contributed by atoms with Gasteiger partial charge < -0.3 is 5.11 Å². The maximum absolute atomic E-state index is 10.1. The molecule has 1 saturated carbocycles. The van der Waals surface area contributed by atoms with E-state index in [0.29, 0.717) is 0 Å². The van der Waals surface area contributed by atoms with Crippen LogP contribution in [0.15, 0.2) is 24.3 Å². The van der Waals surface area contributed by atoms with Crippen molar-refractivity contribution in [1.29, 1.82) is 0 Å². The van der Waals surface area contributed by atoms with Gasteiger partial charge in [-0.25, -0.2) is 0 Å². The summed E-state index contributed by atoms with van der Waals surface area (Å²) in [5.74, 6) is 0.757. The van der Waals surface area contributed by atoms with Crippen molar-refractivity contribution in [1.82, 2.24) is 0 Å². The zero-order valence-electron chi connectivity index (χ0n) is 11.2. The van der Waals surface area contributed by atoms with Crippen LogP contribution in [0.1, 0.15) is 63.7 Å². The predicted octanol–water partition coefficient (Wildman–Crippen LogP) is 4.21. The molecule has 0 heterocycles. The Bertz CT molecular complexity index is 354. The lowest BCUT2D eigenvalue weighted by Crippen LogP contribution is -2.15. The van der Waals surface area contributed by atoms with Crippen molar-refractivity contribution in [2.45, 2.75) is 58.0 Å². The van der Waals surface area contributed by atoms with Gasteiger partial charge in [0.1, 0.15) is 0 Å². The number of hydrogen-bond donors (Lipinski definition) is 1. The molecule has 1 aliphatic rings. The van der Waals surface area contributed by atoms with Crippen molar-refractivity contribution >= 4 is 0 Å². The zero-order chi connectivity index (χ0) is 12.5. The second kappa shape index (κ2) is 4.81. The Morgan fingerprint density at radius 1 is 1.18 bits per heavy atom. The second-order valence-electron chi connectivity index (χ2n) is 6.42. The van der Waals surface area contributed by atoms with E-state index in [4.69, 9.17) is 0 Å². The lowest BCUT2D eigenvalue weighted by Gasteiger charge is -2.28. The second-order valence-corrected chi connectivity index (χ2v) is 6.42. The highest BCUT2D eigenvalue weighted by molar-refractivity contribution is 5.28. The van der Waals surface area contributed by atoms with Gasteiger partial charge in [0.05, 0.1) is 6.10 Å². The van der Waals surface area contributed by atoms with Crippen LogP contribution in [0.3, 0.4) is 0 Å². The molecule has 0 amide bonds. The maximum Gasteiger partial charge on any atom is 0.0792 e. The molecule has 1 fully saturated rings. The molecule has 1 unspecified atom stereocenters. The van der Waals surface area contributed by atoms with Gasteiger partial charge in [-0.2, -0.15) is 0 Å². The van der Waals surface area contributed by atoms with Crippen LogP contribution in [-0.4, -0.2) is 5.11 Å². The van der Waals surface area contributed by atoms with Crippen LogP contribution in [0.25, 0.3) is 0 Å². The Balaban J connectivity index is 2.01. The normalized spacial score (nSPS) is 18.8. The van der Waals surface area contributed by atoms with Gasteiger partial charge in [-0.05, 0) is 28.9 Å². The Morgan fingerprint density at radius 2 is 1.76 bits per heavy atom. The minimum absolute atomic E-state index is 0.192. The lowest BCUT2D eigenvalue weighted by atomic mass is 9.80. The van der Waals surface area contributed by atoms with Crippen molar-refractivity contribution in [3.63, 3.8) is 0 Å². The monoisotopic (exact) mass is 232 g/mol. The molecule has 1 heteroatoms. The average molecular weight is 232 g/mol. The van der Waals surface area contributed by atoms with Crippen LogP contribution < -0.4 is 0 Å². The van der Waals surface area contributed by atoms with Crippen LogP contribution in [0.4, 0.5) is 0 Å². The summed E-state index contributed by atoms with van der Waals surface area (Å²) in [5, 5.41) is 10.1. The highest BCUT2D eigenvalue weighted by atomic mass is 16.3. The summed E-state index contributed by atoms with van der Waals surface area (Å²) in [4.78, 5) is 0. The van der Waals surface area contributed by atoms with Crippen LogP contribution in [-0.2, 0) is 5.41 Å². The molecule has 0 bridgehead atoms. The Kier molecular flexibility index (Phi) is 3.58. The van der Waals surface area contributed by atoms with Crippen molar-refractivity contribution in [2.75, 3.05) is 0 Å². The van der Waals surface area contributed by atoms with E-state index in [9.17, 15) is 5.11 Å². The Labute approximate surface area is 105 Å². The number of aliphatic hydroxyl groups is 1. The van der Waals surface area contributed by atoms with Gasteiger partial charge in [0.15, 0.2) is 0 Å². The van der Waals surface area contributed by atoms with E-state index in [1.165, 1.54) is 24.8 Å². The van der Waals surface area contributed by atoms with E-state index in [0.717, 1.165) is 17.9 Å². The molecular weight excluding hydrogens is 208 g/mol. The van der Waals surface area contributed by atoms with Gasteiger partial charge in [-0.1, -0.05) is 64.3 Å². The molecule has 0 radical (unpaired) electrons. The molecular formula is C16H24O. The average Bonchev–Trinajstić information content (AvgIpc) is 2.22. The van der Waals surface area contributed by atoms with Crippen molar-refractivity contribution in [2.24, 2.45) is 5.92 Å². The molecule has 0 spiro atoms. The van der Waals surface area contributed by atoms with E-state index in [1.807, 2.05) is 0 Å². The molecule has 0 aliphatic heterocycles. The number of hydrogen-bond acceptors (Lipinski definition) is 1. The lowest BCUT2D eigenvalue weighted by molar-refractivity contribution is 0.118. The molecule has 94 valence electrons. The molecule has 1 aromatic carbocycles. The summed E-state index contributed by atoms with van der Waals surface area (Å²) in [5.41, 5.74) is 2.60. The Hall–Kier alpha value is -0.820. The first-order valence-electron chi connectivity index (χ1n) is 6.75. The molecule has 1 N–H and O–H groups in total. The van der Waals surface area contributed by atoms with Gasteiger partial charge in [0, 0.05) is 0 Å². The first kappa shape index (κ1) is 12.6. The summed E-state index contributed by atoms with van der Waals surface area (Å²) in [6.07, 6.45) is 4.62. The quantitative estimate of drug-likeness (QED) is 0.827. The van der Waals surface area contributed by atoms with Gasteiger partial charge in [0.2, 0.25) is 0 Å². The molecule has 1 atom stereocenters. The fourth-order valence-electron chi connectivity index (χ4n) is 2.39. The molecule has 2 rings (SSSR count). The first-order chi connectivity index (χ1) is 7.97. The van der Waals surface area contributed by atoms with Crippen LogP contribution in [0, 0.1) is 5.92 Å². The summed E-state index contributed by atoms with van der Waals surface area (Å²) >= 11 is 0. The van der Waals surface area contributed by atoms with Gasteiger partial charge in [-0.3, -0.25) is 0 Å². The SMILES string of the molecule is CC(C)(C)c1ccc(C(O)CC2CCC2)cc1. The summed E-state index contributed by atoms with van der Waals surface area (Å²) in [6, 6.07) is 8.48. The molecule has 1 nitrogen and oxygen atoms in total. The van der Waals surface area contributed by atoms with Crippen LogP contribution >= 0.6 is 0 Å². The van der Waals surface area contributed by atoms with Gasteiger partial charge >= 0.3 is 0 Å². The third-order valence-electron chi connectivity index (χ3n) is 3.94. The Morgan fingerprint density at radius 3 is 2.18 bits per heavy atom. The van der Waals surface area contributed by atoms with E-state index in [2.05, 4.69) is 45.0 Å². The summed E-state index contributed by atoms with van der Waals surface area (Å²) < 4.78 is 0. The van der Waals surface area contributed by atoms with E-state index in [1.54, 1.807) is 0 Å². The number of rotatable bonds is 3. The van der Waals surface area contributed by atoms with E-state index < -0.39 is 0 Å². The largest absolute Gasteiger partial charge is 0.388 e. The molecule has 0 aromatic heterocycles. The summed E-state index contributed by atoms with van der Waals surface area (Å²) in [7, 11) is 0. The van der Waals surface area contributed by atoms with Gasteiger partial charge in [-0.15, -0.1) is 0 Å². The number of aliphatic hydroxyl groups excluding tert-OH is 1. The molecule has 17 heavy (non-hydrogen) atoms. The van der Waals surface area contributed by atoms with Crippen molar-refractivity contribution in [3.05, 3.63) is 35.4 Å². The van der Waals surface area contributed by atoms with Crippen LogP contribution in [0.2, 0.25) is 0 Å². The predicted molar refractivity (Wildman–Crippen MR) is 72.1 cm³/mol. The smallest absolute Gasteiger partial charge is 0.0792 e. The third kappa shape index (κ3) is 3.10.